The van der Waals surface area contributed by atoms with Crippen molar-refractivity contribution in [3.05, 3.63) is 18.2 Å². The maximum Gasteiger partial charge on any atom is 0.321 e. The van der Waals surface area contributed by atoms with E-state index in [9.17, 15) is 13.2 Å². The summed E-state index contributed by atoms with van der Waals surface area (Å²) in [4.78, 5) is 14.3. The van der Waals surface area contributed by atoms with Gasteiger partial charge in [-0.25, -0.2) is 4.79 Å². The first kappa shape index (κ1) is 21.2. The van der Waals surface area contributed by atoms with Gasteiger partial charge in [-0.05, 0) is 25.0 Å². The number of nitrogens with one attached hydrogen (secondary N) is 1. The third-order valence-electron chi connectivity index (χ3n) is 6.10. The summed E-state index contributed by atoms with van der Waals surface area (Å²) in [7, 11) is -1.82. The number of hydrogen-bond acceptors (Lipinski definition) is 5. The average molecular weight is 439 g/mol. The van der Waals surface area contributed by atoms with Crippen molar-refractivity contribution in [2.45, 2.75) is 38.1 Å². The zero-order valence-corrected chi connectivity index (χ0v) is 18.2. The number of nitrogens with zero attached hydrogens (tertiary/aromatic N) is 3. The van der Waals surface area contributed by atoms with Gasteiger partial charge in [0.2, 0.25) is 0 Å². The molecule has 0 aromatic heterocycles. The summed E-state index contributed by atoms with van der Waals surface area (Å²) in [5.74, 6) is 1.28. The predicted octanol–water partition coefficient (Wildman–Crippen LogP) is 2.12. The van der Waals surface area contributed by atoms with E-state index in [0.717, 1.165) is 25.7 Å². The molecule has 0 spiro atoms. The van der Waals surface area contributed by atoms with Gasteiger partial charge in [0.05, 0.1) is 0 Å². The summed E-state index contributed by atoms with van der Waals surface area (Å²) in [6, 6.07) is 5.12. The molecule has 1 aromatic rings. The first-order valence-corrected chi connectivity index (χ1v) is 12.0. The maximum atomic E-state index is 13.0. The van der Waals surface area contributed by atoms with Gasteiger partial charge in [-0.2, -0.15) is 17.0 Å². The molecule has 1 saturated heterocycles. The highest BCUT2D eigenvalue weighted by atomic mass is 32.2. The van der Waals surface area contributed by atoms with E-state index in [1.54, 1.807) is 30.1 Å². The molecule has 1 saturated carbocycles. The topological polar surface area (TPSA) is 91.4 Å². The lowest BCUT2D eigenvalue weighted by Crippen LogP contribution is -2.55. The van der Waals surface area contributed by atoms with Crippen molar-refractivity contribution in [2.24, 2.45) is 0 Å². The molecule has 2 amide bonds. The van der Waals surface area contributed by atoms with Gasteiger partial charge in [-0.15, -0.1) is 0 Å². The fraction of sp³-hybridized carbons (Fsp3) is 0.650. The van der Waals surface area contributed by atoms with Crippen LogP contribution in [0.1, 0.15) is 32.1 Å². The molecule has 0 bridgehead atoms. The third-order valence-corrected chi connectivity index (χ3v) is 8.14. The minimum atomic E-state index is -3.50. The highest BCUT2D eigenvalue weighted by molar-refractivity contribution is 7.86. The number of fused-ring (bicyclic) bond motifs is 1. The van der Waals surface area contributed by atoms with Crippen LogP contribution in [-0.2, 0) is 10.2 Å². The molecule has 9 nitrogen and oxygen atoms in total. The quantitative estimate of drug-likeness (QED) is 0.778. The molecule has 3 aliphatic rings. The zero-order valence-electron chi connectivity index (χ0n) is 17.4. The predicted molar refractivity (Wildman–Crippen MR) is 113 cm³/mol. The second kappa shape index (κ2) is 8.99. The van der Waals surface area contributed by atoms with E-state index in [4.69, 9.17) is 9.47 Å². The van der Waals surface area contributed by atoms with Crippen molar-refractivity contribution in [1.29, 1.82) is 0 Å². The van der Waals surface area contributed by atoms with Crippen molar-refractivity contribution in [3.63, 3.8) is 0 Å². The Morgan fingerprint density at radius 1 is 1.03 bits per heavy atom. The van der Waals surface area contributed by atoms with Crippen molar-refractivity contribution in [3.8, 4) is 11.5 Å². The minimum absolute atomic E-state index is 0.0836. The largest absolute Gasteiger partial charge is 0.486 e. The molecule has 0 radical (unpaired) electrons. The van der Waals surface area contributed by atoms with E-state index < -0.39 is 10.2 Å². The second-order valence-corrected chi connectivity index (χ2v) is 9.98. The summed E-state index contributed by atoms with van der Waals surface area (Å²) in [5, 5.41) is 2.86. The number of amides is 2. The van der Waals surface area contributed by atoms with Crippen LogP contribution in [0, 0.1) is 0 Å². The zero-order chi connectivity index (χ0) is 21.1. The first-order chi connectivity index (χ1) is 14.4. The second-order valence-electron chi connectivity index (χ2n) is 7.99. The number of benzene rings is 1. The third kappa shape index (κ3) is 4.50. The summed E-state index contributed by atoms with van der Waals surface area (Å²) in [6.07, 6.45) is 5.19. The molecule has 10 heteroatoms. The van der Waals surface area contributed by atoms with Gasteiger partial charge in [0.15, 0.2) is 11.5 Å². The summed E-state index contributed by atoms with van der Waals surface area (Å²) in [5.41, 5.74) is 0.622. The SMILES string of the molecule is CN(C1CCCCC1)S(=O)(=O)N1CCN(C(=O)Nc2ccc3c(c2)OCCO3)CC1. The number of urea groups is 1. The molecule has 0 atom stereocenters. The number of carbonyl (C=O) groups excluding carboxylic acids is 1. The maximum absolute atomic E-state index is 13.0. The van der Waals surface area contributed by atoms with Crippen LogP contribution in [0.3, 0.4) is 0 Å². The number of carbonyl (C=O) groups is 1. The van der Waals surface area contributed by atoms with Crippen LogP contribution < -0.4 is 14.8 Å². The fourth-order valence-electron chi connectivity index (χ4n) is 4.26. The monoisotopic (exact) mass is 438 g/mol. The van der Waals surface area contributed by atoms with Gasteiger partial charge in [-0.3, -0.25) is 0 Å². The highest BCUT2D eigenvalue weighted by Crippen LogP contribution is 2.32. The lowest BCUT2D eigenvalue weighted by Gasteiger charge is -2.38. The van der Waals surface area contributed by atoms with Gasteiger partial charge in [0.25, 0.3) is 10.2 Å². The normalized spacial score (nSPS) is 20.9. The van der Waals surface area contributed by atoms with Crippen molar-refractivity contribution >= 4 is 21.9 Å². The summed E-state index contributed by atoms with van der Waals surface area (Å²) >= 11 is 0. The minimum Gasteiger partial charge on any atom is -0.486 e. The number of ether oxygens (including phenoxy) is 2. The van der Waals surface area contributed by atoms with Crippen LogP contribution in [-0.4, -0.2) is 80.4 Å². The van der Waals surface area contributed by atoms with Crippen LogP contribution in [0.25, 0.3) is 0 Å². The molecule has 2 heterocycles. The van der Waals surface area contributed by atoms with Gasteiger partial charge in [0, 0.05) is 51.0 Å². The Morgan fingerprint density at radius 3 is 2.40 bits per heavy atom. The molecular formula is C20H30N4O5S. The molecule has 2 fully saturated rings. The number of anilines is 1. The van der Waals surface area contributed by atoms with Crippen LogP contribution in [0.2, 0.25) is 0 Å². The van der Waals surface area contributed by atoms with Gasteiger partial charge in [0.1, 0.15) is 13.2 Å². The van der Waals surface area contributed by atoms with E-state index in [1.807, 2.05) is 0 Å². The summed E-state index contributed by atoms with van der Waals surface area (Å²) < 4.78 is 40.1. The Bertz CT molecular complexity index is 864. The Morgan fingerprint density at radius 2 is 1.70 bits per heavy atom. The lowest BCUT2D eigenvalue weighted by molar-refractivity contribution is 0.171. The molecule has 1 N–H and O–H groups in total. The fourth-order valence-corrected chi connectivity index (χ4v) is 5.84. The van der Waals surface area contributed by atoms with Crippen molar-refractivity contribution in [2.75, 3.05) is 51.8 Å². The van der Waals surface area contributed by atoms with Crippen molar-refractivity contribution in [1.82, 2.24) is 13.5 Å². The van der Waals surface area contributed by atoms with Crippen LogP contribution >= 0.6 is 0 Å². The van der Waals surface area contributed by atoms with Crippen LogP contribution in [0.15, 0.2) is 18.2 Å². The van der Waals surface area contributed by atoms with Gasteiger partial charge < -0.3 is 19.7 Å². The number of rotatable bonds is 4. The first-order valence-electron chi connectivity index (χ1n) is 10.6. The highest BCUT2D eigenvalue weighted by Gasteiger charge is 2.35. The molecule has 0 unspecified atom stereocenters. The van der Waals surface area contributed by atoms with Crippen LogP contribution in [0.4, 0.5) is 10.5 Å². The Kier molecular flexibility index (Phi) is 6.35. The van der Waals surface area contributed by atoms with E-state index in [-0.39, 0.29) is 12.1 Å². The molecular weight excluding hydrogens is 408 g/mol. The van der Waals surface area contributed by atoms with E-state index in [2.05, 4.69) is 5.32 Å². The van der Waals surface area contributed by atoms with E-state index in [1.165, 1.54) is 15.0 Å². The molecule has 1 aliphatic carbocycles. The molecule has 1 aromatic carbocycles. The number of piperazine rings is 1. The molecule has 2 aliphatic heterocycles. The Hall–Kier alpha value is -2.04. The van der Waals surface area contributed by atoms with Gasteiger partial charge >= 0.3 is 6.03 Å². The van der Waals surface area contributed by atoms with E-state index in [0.29, 0.717) is 56.6 Å². The smallest absolute Gasteiger partial charge is 0.321 e. The lowest BCUT2D eigenvalue weighted by atomic mass is 9.96. The Balaban J connectivity index is 1.32. The standard InChI is InChI=1S/C20H30N4O5S/c1-22(17-5-3-2-4-6-17)30(26,27)24-11-9-23(10-12-24)20(25)21-16-7-8-18-19(15-16)29-14-13-28-18/h7-8,15,17H,2-6,9-14H2,1H3,(H,21,25). The van der Waals surface area contributed by atoms with E-state index >= 15 is 0 Å². The molecule has 30 heavy (non-hydrogen) atoms. The van der Waals surface area contributed by atoms with Crippen molar-refractivity contribution < 1.29 is 22.7 Å². The van der Waals surface area contributed by atoms with Crippen LogP contribution in [0.5, 0.6) is 11.5 Å². The molecule has 4 rings (SSSR count). The summed E-state index contributed by atoms with van der Waals surface area (Å²) in [6.45, 7) is 2.31. The molecule has 166 valence electrons. The Labute approximate surface area is 178 Å². The number of hydrogen-bond donors (Lipinski definition) is 1. The van der Waals surface area contributed by atoms with Gasteiger partial charge in [-0.1, -0.05) is 19.3 Å². The average Bonchev–Trinajstić information content (AvgIpc) is 2.79.